The summed E-state index contributed by atoms with van der Waals surface area (Å²) < 4.78 is 6.22. The Morgan fingerprint density at radius 1 is 1.19 bits per heavy atom. The molecule has 0 aliphatic carbocycles. The van der Waals surface area contributed by atoms with Gasteiger partial charge in [-0.25, -0.2) is 0 Å². The Hall–Kier alpha value is -1.85. The van der Waals surface area contributed by atoms with Crippen molar-refractivity contribution in [3.63, 3.8) is 0 Å². The molecule has 2 N–H and O–H groups in total. The smallest absolute Gasteiger partial charge is 0.258 e. The number of nitrogens with zero attached hydrogens (tertiary/aromatic N) is 2. The van der Waals surface area contributed by atoms with Crippen molar-refractivity contribution in [3.05, 3.63) is 51.5 Å². The van der Waals surface area contributed by atoms with E-state index in [9.17, 15) is 0 Å². The SMILES string of the molecule is Cc1ccc(-c2noc(-c3cc(N)cc(Cl)c3)n2)c(Br)c1. The maximum absolute atomic E-state index is 5.99. The molecule has 106 valence electrons. The number of hydrogen-bond acceptors (Lipinski definition) is 4. The lowest BCUT2D eigenvalue weighted by atomic mass is 10.1. The molecule has 6 heteroatoms. The van der Waals surface area contributed by atoms with Gasteiger partial charge in [0.25, 0.3) is 5.89 Å². The van der Waals surface area contributed by atoms with Gasteiger partial charge in [-0.2, -0.15) is 4.98 Å². The molecular weight excluding hydrogens is 354 g/mol. The van der Waals surface area contributed by atoms with E-state index >= 15 is 0 Å². The second-order valence-electron chi connectivity index (χ2n) is 4.68. The number of aromatic nitrogens is 2. The van der Waals surface area contributed by atoms with Crippen LogP contribution >= 0.6 is 27.5 Å². The average molecular weight is 365 g/mol. The second kappa shape index (κ2) is 5.50. The quantitative estimate of drug-likeness (QED) is 0.669. The van der Waals surface area contributed by atoms with Gasteiger partial charge in [0.2, 0.25) is 5.82 Å². The van der Waals surface area contributed by atoms with E-state index in [4.69, 9.17) is 21.9 Å². The summed E-state index contributed by atoms with van der Waals surface area (Å²) in [6.45, 7) is 2.02. The molecule has 21 heavy (non-hydrogen) atoms. The van der Waals surface area contributed by atoms with Crippen molar-refractivity contribution in [1.29, 1.82) is 0 Å². The maximum atomic E-state index is 5.99. The van der Waals surface area contributed by atoms with Gasteiger partial charge in [-0.15, -0.1) is 0 Å². The van der Waals surface area contributed by atoms with Crippen molar-refractivity contribution < 1.29 is 4.52 Å². The van der Waals surface area contributed by atoms with E-state index in [0.717, 1.165) is 15.6 Å². The van der Waals surface area contributed by atoms with Gasteiger partial charge in [0.1, 0.15) is 0 Å². The minimum absolute atomic E-state index is 0.381. The van der Waals surface area contributed by atoms with Crippen LogP contribution in [0, 0.1) is 6.92 Å². The molecule has 1 heterocycles. The van der Waals surface area contributed by atoms with Gasteiger partial charge in [0.05, 0.1) is 0 Å². The minimum Gasteiger partial charge on any atom is -0.399 e. The zero-order valence-electron chi connectivity index (χ0n) is 11.1. The van der Waals surface area contributed by atoms with Crippen LogP contribution in [-0.4, -0.2) is 10.1 Å². The van der Waals surface area contributed by atoms with Crippen LogP contribution in [0.1, 0.15) is 5.56 Å². The van der Waals surface area contributed by atoms with Crippen LogP contribution in [0.5, 0.6) is 0 Å². The normalized spacial score (nSPS) is 10.8. The van der Waals surface area contributed by atoms with Gasteiger partial charge in [-0.1, -0.05) is 38.8 Å². The highest BCUT2D eigenvalue weighted by atomic mass is 79.9. The Morgan fingerprint density at radius 2 is 2.00 bits per heavy atom. The fourth-order valence-corrected chi connectivity index (χ4v) is 2.90. The lowest BCUT2D eigenvalue weighted by Crippen LogP contribution is -1.87. The number of anilines is 1. The number of nitrogen functional groups attached to an aromatic ring is 1. The molecule has 4 nitrogen and oxygen atoms in total. The molecule has 0 unspecified atom stereocenters. The molecule has 0 saturated carbocycles. The Labute approximate surface area is 135 Å². The third-order valence-electron chi connectivity index (χ3n) is 2.96. The van der Waals surface area contributed by atoms with E-state index in [-0.39, 0.29) is 0 Å². The van der Waals surface area contributed by atoms with Crippen LogP contribution in [0.15, 0.2) is 45.4 Å². The van der Waals surface area contributed by atoms with Gasteiger partial charge in [0.15, 0.2) is 0 Å². The van der Waals surface area contributed by atoms with Gasteiger partial charge >= 0.3 is 0 Å². The summed E-state index contributed by atoms with van der Waals surface area (Å²) in [5.41, 5.74) is 9.04. The van der Waals surface area contributed by atoms with Crippen molar-refractivity contribution in [3.8, 4) is 22.8 Å². The molecule has 0 atom stereocenters. The molecule has 0 amide bonds. The Morgan fingerprint density at radius 3 is 2.71 bits per heavy atom. The van der Waals surface area contributed by atoms with E-state index in [1.165, 1.54) is 0 Å². The molecule has 0 spiro atoms. The third-order valence-corrected chi connectivity index (χ3v) is 3.83. The summed E-state index contributed by atoms with van der Waals surface area (Å²) >= 11 is 9.50. The van der Waals surface area contributed by atoms with Crippen LogP contribution in [-0.2, 0) is 0 Å². The van der Waals surface area contributed by atoms with Gasteiger partial charge in [-0.3, -0.25) is 0 Å². The van der Waals surface area contributed by atoms with Gasteiger partial charge in [-0.05, 0) is 42.8 Å². The molecule has 2 aromatic carbocycles. The predicted molar refractivity (Wildman–Crippen MR) is 87.0 cm³/mol. The van der Waals surface area contributed by atoms with E-state index in [1.807, 2.05) is 25.1 Å². The fraction of sp³-hybridized carbons (Fsp3) is 0.0667. The predicted octanol–water partition coefficient (Wildman–Crippen LogP) is 4.71. The summed E-state index contributed by atoms with van der Waals surface area (Å²) in [4.78, 5) is 4.40. The summed E-state index contributed by atoms with van der Waals surface area (Å²) in [6, 6.07) is 11.1. The van der Waals surface area contributed by atoms with Crippen molar-refractivity contribution in [2.24, 2.45) is 0 Å². The lowest BCUT2D eigenvalue weighted by Gasteiger charge is -2.00. The summed E-state index contributed by atoms with van der Waals surface area (Å²) in [6.07, 6.45) is 0. The highest BCUT2D eigenvalue weighted by Gasteiger charge is 2.13. The minimum atomic E-state index is 0.381. The zero-order chi connectivity index (χ0) is 15.0. The Kier molecular flexibility index (Phi) is 3.69. The summed E-state index contributed by atoms with van der Waals surface area (Å²) in [5.74, 6) is 0.891. The van der Waals surface area contributed by atoms with Crippen LogP contribution in [0.25, 0.3) is 22.8 Å². The topological polar surface area (TPSA) is 64.9 Å². The molecule has 3 rings (SSSR count). The molecule has 0 aliphatic rings. The number of aryl methyl sites for hydroxylation is 1. The Balaban J connectivity index is 2.03. The number of rotatable bonds is 2. The first-order valence-electron chi connectivity index (χ1n) is 6.19. The molecule has 1 aromatic heterocycles. The molecule has 0 aliphatic heterocycles. The van der Waals surface area contributed by atoms with Crippen LogP contribution < -0.4 is 5.73 Å². The first-order chi connectivity index (χ1) is 10.0. The zero-order valence-corrected chi connectivity index (χ0v) is 13.4. The fourth-order valence-electron chi connectivity index (χ4n) is 1.99. The van der Waals surface area contributed by atoms with E-state index in [2.05, 4.69) is 26.1 Å². The monoisotopic (exact) mass is 363 g/mol. The number of benzene rings is 2. The first-order valence-corrected chi connectivity index (χ1v) is 7.37. The van der Waals surface area contributed by atoms with Crippen LogP contribution in [0.3, 0.4) is 0 Å². The van der Waals surface area contributed by atoms with Gasteiger partial charge < -0.3 is 10.3 Å². The highest BCUT2D eigenvalue weighted by Crippen LogP contribution is 2.30. The highest BCUT2D eigenvalue weighted by molar-refractivity contribution is 9.10. The molecular formula is C15H11BrClN3O. The molecule has 0 saturated heterocycles. The van der Waals surface area contributed by atoms with Crippen molar-refractivity contribution >= 4 is 33.2 Å². The van der Waals surface area contributed by atoms with Crippen molar-refractivity contribution in [2.75, 3.05) is 5.73 Å². The molecule has 0 bridgehead atoms. The Bertz CT molecular complexity index is 796. The van der Waals surface area contributed by atoms with Crippen molar-refractivity contribution in [1.82, 2.24) is 10.1 Å². The maximum Gasteiger partial charge on any atom is 0.258 e. The number of nitrogens with two attached hydrogens (primary N) is 1. The van der Waals surface area contributed by atoms with Gasteiger partial charge in [0, 0.05) is 26.3 Å². The standard InChI is InChI=1S/C15H11BrClN3O/c1-8-2-3-12(13(16)4-8)14-19-15(21-20-14)9-5-10(17)7-11(18)6-9/h2-7H,18H2,1H3. The summed E-state index contributed by atoms with van der Waals surface area (Å²) in [5, 5.41) is 4.54. The van der Waals surface area contributed by atoms with E-state index < -0.39 is 0 Å². The molecule has 0 radical (unpaired) electrons. The number of hydrogen-bond donors (Lipinski definition) is 1. The summed E-state index contributed by atoms with van der Waals surface area (Å²) in [7, 11) is 0. The number of halogens is 2. The molecule has 3 aromatic rings. The van der Waals surface area contributed by atoms with E-state index in [1.54, 1.807) is 18.2 Å². The third kappa shape index (κ3) is 2.94. The average Bonchev–Trinajstić information content (AvgIpc) is 2.87. The molecule has 0 fully saturated rings. The first kappa shape index (κ1) is 14.1. The lowest BCUT2D eigenvalue weighted by molar-refractivity contribution is 0.432. The van der Waals surface area contributed by atoms with Crippen molar-refractivity contribution in [2.45, 2.75) is 6.92 Å². The van der Waals surface area contributed by atoms with Crippen LogP contribution in [0.4, 0.5) is 5.69 Å². The largest absolute Gasteiger partial charge is 0.399 e. The van der Waals surface area contributed by atoms with Crippen LogP contribution in [0.2, 0.25) is 5.02 Å². The second-order valence-corrected chi connectivity index (χ2v) is 5.97. The van der Waals surface area contributed by atoms with E-state index in [0.29, 0.717) is 28.0 Å².